The number of nitrogens with zero attached hydrogens (tertiary/aromatic N) is 2. The SMILES string of the molecule is Cc1ccc(C(=O)N2C[C@@H]3CNC[C@@H]3[C@H]2c2ccccc2C)cn1.Cl.Cl. The maximum absolute atomic E-state index is 13.1. The maximum atomic E-state index is 13.1. The highest BCUT2D eigenvalue weighted by Crippen LogP contribution is 2.44. The Morgan fingerprint density at radius 3 is 2.58 bits per heavy atom. The van der Waals surface area contributed by atoms with Crippen molar-refractivity contribution in [3.05, 3.63) is 65.0 Å². The third-order valence-electron chi connectivity index (χ3n) is 5.49. The molecular weight excluding hydrogens is 369 g/mol. The standard InChI is InChI=1S/C20H23N3O.2ClH/c1-13-5-3-4-6-17(13)19-18-11-21-9-16(18)12-23(19)20(24)15-8-7-14(2)22-10-15;;/h3-8,10,16,18-19,21H,9,11-12H2,1-2H3;2*1H/t16-,18-,19+;;/m0../s1. The molecule has 3 heterocycles. The summed E-state index contributed by atoms with van der Waals surface area (Å²) in [6.45, 7) is 6.89. The zero-order valence-corrected chi connectivity index (χ0v) is 16.6. The number of likely N-dealkylation sites (tertiary alicyclic amines) is 1. The molecule has 0 spiro atoms. The van der Waals surface area contributed by atoms with E-state index in [4.69, 9.17) is 0 Å². The van der Waals surface area contributed by atoms with Crippen molar-refractivity contribution in [1.29, 1.82) is 0 Å². The number of halogens is 2. The van der Waals surface area contributed by atoms with Gasteiger partial charge in [0.15, 0.2) is 0 Å². The normalized spacial score (nSPS) is 23.8. The van der Waals surface area contributed by atoms with Crippen molar-refractivity contribution < 1.29 is 4.79 Å². The van der Waals surface area contributed by atoms with Gasteiger partial charge in [-0.3, -0.25) is 9.78 Å². The lowest BCUT2D eigenvalue weighted by Gasteiger charge is -2.29. The summed E-state index contributed by atoms with van der Waals surface area (Å²) in [6, 6.07) is 12.4. The summed E-state index contributed by atoms with van der Waals surface area (Å²) < 4.78 is 0. The molecule has 0 bridgehead atoms. The van der Waals surface area contributed by atoms with Gasteiger partial charge in [-0.05, 0) is 43.0 Å². The predicted octanol–water partition coefficient (Wildman–Crippen LogP) is 3.57. The number of aromatic nitrogens is 1. The molecule has 0 saturated carbocycles. The Morgan fingerprint density at radius 1 is 1.12 bits per heavy atom. The van der Waals surface area contributed by atoms with Crippen molar-refractivity contribution in [1.82, 2.24) is 15.2 Å². The minimum Gasteiger partial charge on any atom is -0.331 e. The Bertz CT molecular complexity index is 766. The number of hydrogen-bond donors (Lipinski definition) is 1. The van der Waals surface area contributed by atoms with Gasteiger partial charge in [0.1, 0.15) is 0 Å². The molecule has 1 aromatic carbocycles. The van der Waals surface area contributed by atoms with E-state index in [9.17, 15) is 4.79 Å². The van der Waals surface area contributed by atoms with E-state index in [1.54, 1.807) is 6.20 Å². The van der Waals surface area contributed by atoms with Crippen molar-refractivity contribution in [2.45, 2.75) is 19.9 Å². The first-order valence-electron chi connectivity index (χ1n) is 8.65. The minimum atomic E-state index is 0. The van der Waals surface area contributed by atoms with Gasteiger partial charge in [-0.2, -0.15) is 0 Å². The van der Waals surface area contributed by atoms with Crippen LogP contribution in [0.2, 0.25) is 0 Å². The van der Waals surface area contributed by atoms with E-state index in [-0.39, 0.29) is 36.8 Å². The first-order chi connectivity index (χ1) is 11.6. The summed E-state index contributed by atoms with van der Waals surface area (Å²) in [7, 11) is 0. The Labute approximate surface area is 167 Å². The lowest BCUT2D eigenvalue weighted by Crippen LogP contribution is -2.35. The Morgan fingerprint density at radius 2 is 1.88 bits per heavy atom. The van der Waals surface area contributed by atoms with E-state index in [1.807, 2.05) is 19.1 Å². The molecule has 2 aliphatic rings. The van der Waals surface area contributed by atoms with Crippen LogP contribution in [0, 0.1) is 25.7 Å². The van der Waals surface area contributed by atoms with Crippen LogP contribution in [0.3, 0.4) is 0 Å². The van der Waals surface area contributed by atoms with Crippen LogP contribution in [0.1, 0.15) is 33.2 Å². The molecule has 0 unspecified atom stereocenters. The summed E-state index contributed by atoms with van der Waals surface area (Å²) in [5.74, 6) is 1.13. The van der Waals surface area contributed by atoms with Crippen LogP contribution in [0.5, 0.6) is 0 Å². The Hall–Kier alpha value is -1.62. The zero-order valence-electron chi connectivity index (χ0n) is 15.0. The second kappa shape index (κ2) is 8.38. The Balaban J connectivity index is 0.00000121. The molecule has 3 atom stereocenters. The summed E-state index contributed by atoms with van der Waals surface area (Å²) in [4.78, 5) is 19.5. The molecule has 4 rings (SSSR count). The largest absolute Gasteiger partial charge is 0.331 e. The number of pyridine rings is 1. The number of carbonyl (C=O) groups excluding carboxylic acids is 1. The van der Waals surface area contributed by atoms with Crippen molar-refractivity contribution >= 4 is 30.7 Å². The van der Waals surface area contributed by atoms with Crippen molar-refractivity contribution in [2.24, 2.45) is 11.8 Å². The molecule has 2 aliphatic heterocycles. The number of carbonyl (C=O) groups is 1. The van der Waals surface area contributed by atoms with E-state index >= 15 is 0 Å². The fourth-order valence-electron chi connectivity index (χ4n) is 4.21. The van der Waals surface area contributed by atoms with Crippen molar-refractivity contribution in [3.63, 3.8) is 0 Å². The monoisotopic (exact) mass is 393 g/mol. The number of hydrogen-bond acceptors (Lipinski definition) is 3. The molecule has 2 fully saturated rings. The molecule has 140 valence electrons. The van der Waals surface area contributed by atoms with E-state index in [0.717, 1.165) is 25.3 Å². The average molecular weight is 394 g/mol. The molecule has 4 nitrogen and oxygen atoms in total. The number of benzene rings is 1. The van der Waals surface area contributed by atoms with Gasteiger partial charge in [-0.1, -0.05) is 24.3 Å². The lowest BCUT2D eigenvalue weighted by atomic mass is 9.87. The number of amides is 1. The average Bonchev–Trinajstić information content (AvgIpc) is 3.16. The second-order valence-electron chi connectivity index (χ2n) is 7.03. The molecular formula is C20H25Cl2N3O. The lowest BCUT2D eigenvalue weighted by molar-refractivity contribution is 0.0713. The van der Waals surface area contributed by atoms with Crippen LogP contribution in [0.15, 0.2) is 42.6 Å². The molecule has 1 amide bonds. The number of rotatable bonds is 2. The third-order valence-corrected chi connectivity index (χ3v) is 5.49. The number of nitrogens with one attached hydrogen (secondary N) is 1. The smallest absolute Gasteiger partial charge is 0.255 e. The van der Waals surface area contributed by atoms with E-state index in [1.165, 1.54) is 11.1 Å². The van der Waals surface area contributed by atoms with Gasteiger partial charge >= 0.3 is 0 Å². The van der Waals surface area contributed by atoms with Gasteiger partial charge in [0.05, 0.1) is 11.6 Å². The van der Waals surface area contributed by atoms with Crippen LogP contribution in [0.25, 0.3) is 0 Å². The first-order valence-corrected chi connectivity index (χ1v) is 8.65. The van der Waals surface area contributed by atoms with Crippen LogP contribution in [-0.4, -0.2) is 35.4 Å². The molecule has 0 aliphatic carbocycles. The zero-order chi connectivity index (χ0) is 16.7. The highest BCUT2D eigenvalue weighted by Gasteiger charge is 2.47. The Kier molecular flexibility index (Phi) is 6.67. The van der Waals surface area contributed by atoms with Crippen molar-refractivity contribution in [2.75, 3.05) is 19.6 Å². The molecule has 0 radical (unpaired) electrons. The van der Waals surface area contributed by atoms with Gasteiger partial charge in [-0.15, -0.1) is 24.8 Å². The van der Waals surface area contributed by atoms with Crippen LogP contribution < -0.4 is 5.32 Å². The van der Waals surface area contributed by atoms with Gasteiger partial charge in [0.25, 0.3) is 5.91 Å². The topological polar surface area (TPSA) is 45.2 Å². The summed E-state index contributed by atoms with van der Waals surface area (Å²) in [5.41, 5.74) is 4.16. The van der Waals surface area contributed by atoms with E-state index in [2.05, 4.69) is 46.4 Å². The molecule has 2 aromatic rings. The van der Waals surface area contributed by atoms with E-state index in [0.29, 0.717) is 17.4 Å². The number of fused-ring (bicyclic) bond motifs is 1. The summed E-state index contributed by atoms with van der Waals surface area (Å²) >= 11 is 0. The summed E-state index contributed by atoms with van der Waals surface area (Å²) in [5, 5.41) is 3.50. The summed E-state index contributed by atoms with van der Waals surface area (Å²) in [6.07, 6.45) is 1.71. The van der Waals surface area contributed by atoms with Crippen molar-refractivity contribution in [3.8, 4) is 0 Å². The van der Waals surface area contributed by atoms with E-state index < -0.39 is 0 Å². The van der Waals surface area contributed by atoms with Crippen LogP contribution in [0.4, 0.5) is 0 Å². The minimum absolute atomic E-state index is 0. The quantitative estimate of drug-likeness (QED) is 0.847. The molecule has 1 N–H and O–H groups in total. The van der Waals surface area contributed by atoms with Crippen LogP contribution in [-0.2, 0) is 0 Å². The fourth-order valence-corrected chi connectivity index (χ4v) is 4.21. The number of aryl methyl sites for hydroxylation is 2. The van der Waals surface area contributed by atoms with Gasteiger partial charge in [0, 0.05) is 37.4 Å². The third kappa shape index (κ3) is 3.59. The van der Waals surface area contributed by atoms with Gasteiger partial charge < -0.3 is 10.2 Å². The highest BCUT2D eigenvalue weighted by molar-refractivity contribution is 5.94. The molecule has 2 saturated heterocycles. The van der Waals surface area contributed by atoms with Gasteiger partial charge in [0.2, 0.25) is 0 Å². The molecule has 1 aromatic heterocycles. The predicted molar refractivity (Wildman–Crippen MR) is 108 cm³/mol. The first kappa shape index (κ1) is 20.7. The fraction of sp³-hybridized carbons (Fsp3) is 0.400. The highest BCUT2D eigenvalue weighted by atomic mass is 35.5. The maximum Gasteiger partial charge on any atom is 0.255 e. The second-order valence-corrected chi connectivity index (χ2v) is 7.03. The van der Waals surface area contributed by atoms with Gasteiger partial charge in [-0.25, -0.2) is 0 Å². The molecule has 26 heavy (non-hydrogen) atoms. The molecule has 6 heteroatoms. The van der Waals surface area contributed by atoms with Crippen LogP contribution >= 0.6 is 24.8 Å².